The lowest BCUT2D eigenvalue weighted by Crippen LogP contribution is -2.28. The molecule has 1 saturated heterocycles. The summed E-state index contributed by atoms with van der Waals surface area (Å²) in [6.45, 7) is 2.04. The van der Waals surface area contributed by atoms with Crippen molar-refractivity contribution in [3.63, 3.8) is 0 Å². The average molecular weight is 209 g/mol. The van der Waals surface area contributed by atoms with Crippen LogP contribution in [0, 0.1) is 12.7 Å². The number of amides is 1. The van der Waals surface area contributed by atoms with Crippen LogP contribution < -0.4 is 5.32 Å². The van der Waals surface area contributed by atoms with E-state index in [4.69, 9.17) is 4.74 Å². The van der Waals surface area contributed by atoms with Crippen LogP contribution in [0.5, 0.6) is 0 Å². The molecule has 1 aliphatic heterocycles. The van der Waals surface area contributed by atoms with Gasteiger partial charge in [0.2, 0.25) is 0 Å². The molecule has 0 aliphatic carbocycles. The summed E-state index contributed by atoms with van der Waals surface area (Å²) in [5.41, 5.74) is 1.24. The van der Waals surface area contributed by atoms with Crippen molar-refractivity contribution in [3.05, 3.63) is 35.1 Å². The highest BCUT2D eigenvalue weighted by atomic mass is 19.1. The molecule has 0 unspecified atom stereocenters. The lowest BCUT2D eigenvalue weighted by Gasteiger charge is -2.09. The molecule has 0 spiro atoms. The molecule has 1 fully saturated rings. The fourth-order valence-corrected chi connectivity index (χ4v) is 1.67. The first-order chi connectivity index (χ1) is 7.16. The second-order valence-corrected chi connectivity index (χ2v) is 3.69. The largest absolute Gasteiger partial charge is 0.447 e. The maximum atomic E-state index is 13.6. The van der Waals surface area contributed by atoms with Gasteiger partial charge < -0.3 is 10.1 Å². The van der Waals surface area contributed by atoms with Gasteiger partial charge in [-0.1, -0.05) is 18.2 Å². The number of alkyl carbamates (subject to hydrolysis) is 1. The molecular formula is C11H12FNO2. The first-order valence-corrected chi connectivity index (χ1v) is 4.84. The highest BCUT2D eigenvalue weighted by molar-refractivity contribution is 5.69. The molecule has 0 bridgehead atoms. The molecule has 0 aromatic heterocycles. The fraction of sp³-hybridized carbons (Fsp3) is 0.364. The Balaban J connectivity index is 2.11. The fourth-order valence-electron chi connectivity index (χ4n) is 1.67. The van der Waals surface area contributed by atoms with E-state index >= 15 is 0 Å². The molecule has 1 aromatic carbocycles. The highest BCUT2D eigenvalue weighted by Crippen LogP contribution is 2.15. The third-order valence-electron chi connectivity index (χ3n) is 2.48. The lowest BCUT2D eigenvalue weighted by molar-refractivity contribution is 0.177. The SMILES string of the molecule is Cc1cccc(C[C@H]2COC(=O)N2)c1F. The number of rotatable bonds is 2. The van der Waals surface area contributed by atoms with Crippen LogP contribution in [0.15, 0.2) is 18.2 Å². The van der Waals surface area contributed by atoms with Crippen LogP contribution in [-0.2, 0) is 11.2 Å². The molecular weight excluding hydrogens is 197 g/mol. The third kappa shape index (κ3) is 2.09. The summed E-state index contributed by atoms with van der Waals surface area (Å²) in [6, 6.07) is 5.15. The summed E-state index contributed by atoms with van der Waals surface area (Å²) in [6.07, 6.45) is 0.0484. The summed E-state index contributed by atoms with van der Waals surface area (Å²) in [5, 5.41) is 2.62. The molecule has 0 radical (unpaired) electrons. The van der Waals surface area contributed by atoms with Crippen molar-refractivity contribution in [1.29, 1.82) is 0 Å². The topological polar surface area (TPSA) is 38.3 Å². The van der Waals surface area contributed by atoms with Crippen molar-refractivity contribution >= 4 is 6.09 Å². The Morgan fingerprint density at radius 1 is 1.60 bits per heavy atom. The molecule has 1 atom stereocenters. The molecule has 1 N–H and O–H groups in total. The van der Waals surface area contributed by atoms with Crippen LogP contribution >= 0.6 is 0 Å². The van der Waals surface area contributed by atoms with Crippen LogP contribution in [-0.4, -0.2) is 18.7 Å². The minimum atomic E-state index is -0.423. The number of aryl methyl sites for hydroxylation is 1. The van der Waals surface area contributed by atoms with E-state index in [-0.39, 0.29) is 11.9 Å². The van der Waals surface area contributed by atoms with Crippen LogP contribution in [0.2, 0.25) is 0 Å². The van der Waals surface area contributed by atoms with E-state index in [1.165, 1.54) is 0 Å². The monoisotopic (exact) mass is 209 g/mol. The first-order valence-electron chi connectivity index (χ1n) is 4.84. The maximum absolute atomic E-state index is 13.6. The Morgan fingerprint density at radius 2 is 2.40 bits per heavy atom. The van der Waals surface area contributed by atoms with Gasteiger partial charge in [0.25, 0.3) is 0 Å². The van der Waals surface area contributed by atoms with E-state index in [0.29, 0.717) is 24.2 Å². The van der Waals surface area contributed by atoms with Crippen molar-refractivity contribution in [2.24, 2.45) is 0 Å². The minimum Gasteiger partial charge on any atom is -0.447 e. The first kappa shape index (κ1) is 9.96. The smallest absolute Gasteiger partial charge is 0.407 e. The molecule has 80 valence electrons. The van der Waals surface area contributed by atoms with Crippen molar-refractivity contribution < 1.29 is 13.9 Å². The normalized spacial score (nSPS) is 19.9. The summed E-state index contributed by atoms with van der Waals surface area (Å²) >= 11 is 0. The summed E-state index contributed by atoms with van der Waals surface area (Å²) in [5.74, 6) is -0.196. The summed E-state index contributed by atoms with van der Waals surface area (Å²) in [7, 11) is 0. The van der Waals surface area contributed by atoms with E-state index in [9.17, 15) is 9.18 Å². The number of hydrogen-bond acceptors (Lipinski definition) is 2. The van der Waals surface area contributed by atoms with E-state index < -0.39 is 6.09 Å². The Hall–Kier alpha value is -1.58. The molecule has 2 rings (SSSR count). The zero-order chi connectivity index (χ0) is 10.8. The van der Waals surface area contributed by atoms with Gasteiger partial charge in [-0.3, -0.25) is 0 Å². The van der Waals surface area contributed by atoms with Gasteiger partial charge in [-0.2, -0.15) is 0 Å². The molecule has 1 amide bonds. The zero-order valence-corrected chi connectivity index (χ0v) is 8.42. The minimum absolute atomic E-state index is 0.117. The van der Waals surface area contributed by atoms with Gasteiger partial charge in [0.05, 0.1) is 6.04 Å². The summed E-state index contributed by atoms with van der Waals surface area (Å²) in [4.78, 5) is 10.8. The van der Waals surface area contributed by atoms with Crippen molar-refractivity contribution in [3.8, 4) is 0 Å². The lowest BCUT2D eigenvalue weighted by atomic mass is 10.0. The highest BCUT2D eigenvalue weighted by Gasteiger charge is 2.23. The summed E-state index contributed by atoms with van der Waals surface area (Å²) < 4.78 is 18.3. The quantitative estimate of drug-likeness (QED) is 0.806. The van der Waals surface area contributed by atoms with Gasteiger partial charge in [0.15, 0.2) is 0 Å². The van der Waals surface area contributed by atoms with Gasteiger partial charge in [-0.25, -0.2) is 9.18 Å². The number of benzene rings is 1. The Bertz CT molecular complexity index is 392. The number of cyclic esters (lactones) is 1. The number of nitrogens with one attached hydrogen (secondary N) is 1. The van der Waals surface area contributed by atoms with E-state index in [0.717, 1.165) is 0 Å². The molecule has 4 heteroatoms. The van der Waals surface area contributed by atoms with Crippen molar-refractivity contribution in [2.45, 2.75) is 19.4 Å². The van der Waals surface area contributed by atoms with Crippen LogP contribution in [0.25, 0.3) is 0 Å². The van der Waals surface area contributed by atoms with Gasteiger partial charge in [0, 0.05) is 0 Å². The van der Waals surface area contributed by atoms with E-state index in [1.807, 2.05) is 6.07 Å². The maximum Gasteiger partial charge on any atom is 0.407 e. The second-order valence-electron chi connectivity index (χ2n) is 3.69. The number of carbonyl (C=O) groups excluding carboxylic acids is 1. The third-order valence-corrected chi connectivity index (χ3v) is 2.48. The molecule has 15 heavy (non-hydrogen) atoms. The molecule has 3 nitrogen and oxygen atoms in total. The Morgan fingerprint density at radius 3 is 3.07 bits per heavy atom. The molecule has 1 aromatic rings. The molecule has 1 heterocycles. The number of ether oxygens (including phenoxy) is 1. The van der Waals surface area contributed by atoms with Gasteiger partial charge in [-0.15, -0.1) is 0 Å². The van der Waals surface area contributed by atoms with Crippen LogP contribution in [0.4, 0.5) is 9.18 Å². The predicted molar refractivity (Wildman–Crippen MR) is 53.1 cm³/mol. The van der Waals surface area contributed by atoms with E-state index in [2.05, 4.69) is 5.32 Å². The number of halogens is 1. The Kier molecular flexibility index (Phi) is 2.58. The average Bonchev–Trinajstić information content (AvgIpc) is 2.59. The Labute approximate surface area is 87.2 Å². The zero-order valence-electron chi connectivity index (χ0n) is 8.42. The second kappa shape index (κ2) is 3.88. The number of carbonyl (C=O) groups is 1. The van der Waals surface area contributed by atoms with Crippen molar-refractivity contribution in [1.82, 2.24) is 5.32 Å². The standard InChI is InChI=1S/C11H12FNO2/c1-7-3-2-4-8(10(7)12)5-9-6-15-11(14)13-9/h2-4,9H,5-6H2,1H3,(H,13,14)/t9-/m0/s1. The molecule has 0 saturated carbocycles. The van der Waals surface area contributed by atoms with Gasteiger partial charge in [-0.05, 0) is 24.5 Å². The van der Waals surface area contributed by atoms with Gasteiger partial charge >= 0.3 is 6.09 Å². The molecule has 1 aliphatic rings. The van der Waals surface area contributed by atoms with Crippen molar-refractivity contribution in [2.75, 3.05) is 6.61 Å². The van der Waals surface area contributed by atoms with Gasteiger partial charge in [0.1, 0.15) is 12.4 Å². The van der Waals surface area contributed by atoms with E-state index in [1.54, 1.807) is 19.1 Å². The number of hydrogen-bond donors (Lipinski definition) is 1. The predicted octanol–water partition coefficient (Wildman–Crippen LogP) is 1.79. The van der Waals surface area contributed by atoms with Crippen LogP contribution in [0.1, 0.15) is 11.1 Å². The van der Waals surface area contributed by atoms with Crippen LogP contribution in [0.3, 0.4) is 0 Å².